The predicted octanol–water partition coefficient (Wildman–Crippen LogP) is 3.41. The Morgan fingerprint density at radius 1 is 1.10 bits per heavy atom. The molecule has 172 valence electrons. The minimum absolute atomic E-state index is 0.100. The number of rotatable bonds is 6. The van der Waals surface area contributed by atoms with Gasteiger partial charge in [-0.2, -0.15) is 4.31 Å². The molecule has 0 spiro atoms. The third-order valence-electron chi connectivity index (χ3n) is 6.45. The third kappa shape index (κ3) is 5.66. The van der Waals surface area contributed by atoms with Gasteiger partial charge < -0.3 is 10.1 Å². The van der Waals surface area contributed by atoms with E-state index in [1.807, 2.05) is 0 Å². The summed E-state index contributed by atoms with van der Waals surface area (Å²) >= 11 is 0. The minimum Gasteiger partial charge on any atom is -0.449 e. The maximum absolute atomic E-state index is 13.1. The molecule has 31 heavy (non-hydrogen) atoms. The van der Waals surface area contributed by atoms with Gasteiger partial charge in [0.05, 0.1) is 10.5 Å². The number of carbonyl (C=O) groups excluding carboxylic acids is 2. The molecule has 0 unspecified atom stereocenters. The first kappa shape index (κ1) is 23.7. The number of nitrogens with zero attached hydrogens (tertiary/aromatic N) is 1. The molecule has 1 amide bonds. The SMILES string of the molecule is Cc1ccc(C(=O)O[C@@H](C)C(=O)N[C@@H]2CCCC[C@@H]2C)cc1S(=O)(=O)N1CCCCC1. The number of benzene rings is 1. The largest absolute Gasteiger partial charge is 0.449 e. The second-order valence-corrected chi connectivity index (χ2v) is 10.8. The van der Waals surface area contributed by atoms with Crippen LogP contribution >= 0.6 is 0 Å². The van der Waals surface area contributed by atoms with E-state index in [-0.39, 0.29) is 22.4 Å². The Balaban J connectivity index is 1.68. The van der Waals surface area contributed by atoms with Crippen LogP contribution in [0.1, 0.15) is 74.7 Å². The quantitative estimate of drug-likeness (QED) is 0.671. The van der Waals surface area contributed by atoms with Gasteiger partial charge >= 0.3 is 5.97 Å². The summed E-state index contributed by atoms with van der Waals surface area (Å²) < 4.78 is 33.0. The van der Waals surface area contributed by atoms with Crippen molar-refractivity contribution in [1.29, 1.82) is 0 Å². The number of amides is 1. The number of carbonyl (C=O) groups is 2. The summed E-state index contributed by atoms with van der Waals surface area (Å²) in [7, 11) is -3.67. The average molecular weight is 451 g/mol. The lowest BCUT2D eigenvalue weighted by atomic mass is 9.86. The van der Waals surface area contributed by atoms with Gasteiger partial charge in [0.2, 0.25) is 10.0 Å². The highest BCUT2D eigenvalue weighted by atomic mass is 32.2. The number of hydrogen-bond donors (Lipinski definition) is 1. The second-order valence-electron chi connectivity index (χ2n) is 8.87. The number of piperidine rings is 1. The fourth-order valence-corrected chi connectivity index (χ4v) is 6.13. The highest BCUT2D eigenvalue weighted by molar-refractivity contribution is 7.89. The van der Waals surface area contributed by atoms with Crippen molar-refractivity contribution in [2.24, 2.45) is 5.92 Å². The molecule has 0 aromatic heterocycles. The van der Waals surface area contributed by atoms with Crippen LogP contribution in [0, 0.1) is 12.8 Å². The lowest BCUT2D eigenvalue weighted by Crippen LogP contribution is -2.46. The fourth-order valence-electron chi connectivity index (χ4n) is 4.36. The van der Waals surface area contributed by atoms with Crippen LogP contribution in [0.25, 0.3) is 0 Å². The Bertz CT molecular complexity index is 909. The van der Waals surface area contributed by atoms with E-state index in [0.717, 1.165) is 38.5 Å². The summed E-state index contributed by atoms with van der Waals surface area (Å²) in [5, 5.41) is 2.99. The van der Waals surface area contributed by atoms with E-state index in [1.54, 1.807) is 26.0 Å². The number of nitrogens with one attached hydrogen (secondary N) is 1. The predicted molar refractivity (Wildman–Crippen MR) is 118 cm³/mol. The molecule has 8 heteroatoms. The molecule has 3 rings (SSSR count). The van der Waals surface area contributed by atoms with Crippen molar-refractivity contribution in [3.8, 4) is 0 Å². The number of aryl methyl sites for hydroxylation is 1. The van der Waals surface area contributed by atoms with Crippen molar-refractivity contribution in [3.05, 3.63) is 29.3 Å². The minimum atomic E-state index is -3.67. The van der Waals surface area contributed by atoms with Gasteiger partial charge in [0.25, 0.3) is 5.91 Å². The topological polar surface area (TPSA) is 92.8 Å². The Kier molecular flexibility index (Phi) is 7.75. The van der Waals surface area contributed by atoms with Crippen LogP contribution in [-0.4, -0.2) is 49.8 Å². The second kappa shape index (κ2) is 10.1. The number of ether oxygens (including phenoxy) is 1. The van der Waals surface area contributed by atoms with E-state index in [0.29, 0.717) is 24.6 Å². The lowest BCUT2D eigenvalue weighted by Gasteiger charge is -2.30. The van der Waals surface area contributed by atoms with Crippen molar-refractivity contribution in [2.45, 2.75) is 82.8 Å². The van der Waals surface area contributed by atoms with Gasteiger partial charge in [0.15, 0.2) is 6.10 Å². The molecular formula is C23H34N2O5S. The molecule has 1 saturated heterocycles. The summed E-state index contributed by atoms with van der Waals surface area (Å²) in [5.74, 6) is -0.616. The van der Waals surface area contributed by atoms with Gasteiger partial charge in [0, 0.05) is 19.1 Å². The first-order valence-electron chi connectivity index (χ1n) is 11.3. The van der Waals surface area contributed by atoms with E-state index < -0.39 is 22.1 Å². The van der Waals surface area contributed by atoms with Crippen LogP contribution in [0.2, 0.25) is 0 Å². The molecule has 0 radical (unpaired) electrons. The van der Waals surface area contributed by atoms with Crippen molar-refractivity contribution in [2.75, 3.05) is 13.1 Å². The molecule has 1 heterocycles. The van der Waals surface area contributed by atoms with Crippen LogP contribution in [-0.2, 0) is 19.6 Å². The smallest absolute Gasteiger partial charge is 0.338 e. The summed E-state index contributed by atoms with van der Waals surface area (Å²) in [4.78, 5) is 25.3. The van der Waals surface area contributed by atoms with Gasteiger partial charge in [0.1, 0.15) is 0 Å². The molecule has 1 aliphatic heterocycles. The first-order chi connectivity index (χ1) is 14.7. The summed E-state index contributed by atoms with van der Waals surface area (Å²) in [5.41, 5.74) is 0.714. The van der Waals surface area contributed by atoms with E-state index in [9.17, 15) is 18.0 Å². The fraction of sp³-hybridized carbons (Fsp3) is 0.652. The summed E-state index contributed by atoms with van der Waals surface area (Å²) in [6.07, 6.45) is 6.02. The summed E-state index contributed by atoms with van der Waals surface area (Å²) in [6, 6.07) is 4.63. The van der Waals surface area contributed by atoms with Crippen LogP contribution in [0.15, 0.2) is 23.1 Å². The van der Waals surface area contributed by atoms with E-state index in [2.05, 4.69) is 12.2 Å². The Morgan fingerprint density at radius 3 is 2.45 bits per heavy atom. The van der Waals surface area contributed by atoms with Crippen LogP contribution in [0.3, 0.4) is 0 Å². The van der Waals surface area contributed by atoms with Gasteiger partial charge in [-0.1, -0.05) is 32.3 Å². The van der Waals surface area contributed by atoms with Gasteiger partial charge in [-0.15, -0.1) is 0 Å². The van der Waals surface area contributed by atoms with Gasteiger partial charge in [-0.25, -0.2) is 13.2 Å². The summed E-state index contributed by atoms with van der Waals surface area (Å²) in [6.45, 7) is 6.37. The van der Waals surface area contributed by atoms with Crippen molar-refractivity contribution in [3.63, 3.8) is 0 Å². The molecule has 7 nitrogen and oxygen atoms in total. The van der Waals surface area contributed by atoms with Crippen LogP contribution < -0.4 is 5.32 Å². The van der Waals surface area contributed by atoms with Crippen molar-refractivity contribution >= 4 is 21.9 Å². The van der Waals surface area contributed by atoms with Crippen LogP contribution in [0.4, 0.5) is 0 Å². The molecule has 0 bridgehead atoms. The maximum atomic E-state index is 13.1. The molecule has 1 aliphatic carbocycles. The maximum Gasteiger partial charge on any atom is 0.338 e. The Labute approximate surface area is 185 Å². The zero-order valence-electron chi connectivity index (χ0n) is 18.7. The monoisotopic (exact) mass is 450 g/mol. The number of esters is 1. The Hall–Kier alpha value is -1.93. The molecule has 1 N–H and O–H groups in total. The Morgan fingerprint density at radius 2 is 1.77 bits per heavy atom. The van der Waals surface area contributed by atoms with E-state index in [1.165, 1.54) is 16.8 Å². The van der Waals surface area contributed by atoms with Gasteiger partial charge in [-0.05, 0) is 63.1 Å². The van der Waals surface area contributed by atoms with Crippen molar-refractivity contribution < 1.29 is 22.7 Å². The molecular weight excluding hydrogens is 416 g/mol. The van der Waals surface area contributed by atoms with E-state index >= 15 is 0 Å². The first-order valence-corrected chi connectivity index (χ1v) is 12.8. The number of sulfonamides is 1. The highest BCUT2D eigenvalue weighted by Crippen LogP contribution is 2.26. The molecule has 1 aromatic rings. The lowest BCUT2D eigenvalue weighted by molar-refractivity contribution is -0.130. The standard InChI is InChI=1S/C23H34N2O5S/c1-16-9-5-6-10-20(16)24-22(26)18(3)30-23(27)19-12-11-17(2)21(15-19)31(28,29)25-13-7-4-8-14-25/h11-12,15-16,18,20H,4-10,13-14H2,1-3H3,(H,24,26)/t16-,18-,20+/m0/s1. The average Bonchev–Trinajstić information content (AvgIpc) is 2.76. The molecule has 1 aromatic carbocycles. The molecule has 3 atom stereocenters. The number of hydrogen-bond acceptors (Lipinski definition) is 5. The molecule has 2 aliphatic rings. The zero-order valence-corrected chi connectivity index (χ0v) is 19.5. The van der Waals surface area contributed by atoms with Crippen molar-refractivity contribution in [1.82, 2.24) is 9.62 Å². The zero-order chi connectivity index (χ0) is 22.6. The molecule has 1 saturated carbocycles. The third-order valence-corrected chi connectivity index (χ3v) is 8.49. The normalized spacial score (nSPS) is 23.7. The highest BCUT2D eigenvalue weighted by Gasteiger charge is 2.30. The van der Waals surface area contributed by atoms with E-state index in [4.69, 9.17) is 4.74 Å². The molecule has 2 fully saturated rings. The van der Waals surface area contributed by atoms with Crippen LogP contribution in [0.5, 0.6) is 0 Å². The van der Waals surface area contributed by atoms with Gasteiger partial charge in [-0.3, -0.25) is 4.79 Å².